The summed E-state index contributed by atoms with van der Waals surface area (Å²) in [6.45, 7) is 0. The number of rotatable bonds is 4. The van der Waals surface area contributed by atoms with Gasteiger partial charge in [-0.05, 0) is 29.8 Å². The Morgan fingerprint density at radius 3 is 2.56 bits per heavy atom. The molecule has 0 saturated carbocycles. The maximum Gasteiger partial charge on any atom is 0.338 e. The lowest BCUT2D eigenvalue weighted by atomic mass is 10.0. The average molecular weight is 375 g/mol. The van der Waals surface area contributed by atoms with Crippen molar-refractivity contribution in [3.8, 4) is 6.07 Å². The van der Waals surface area contributed by atoms with E-state index in [0.717, 1.165) is 0 Å². The molecule has 7 heteroatoms. The number of halogens is 2. The van der Waals surface area contributed by atoms with Gasteiger partial charge in [0.1, 0.15) is 11.6 Å². The first-order chi connectivity index (χ1) is 12.0. The Kier molecular flexibility index (Phi) is 6.18. The quantitative estimate of drug-likeness (QED) is 0.490. The van der Waals surface area contributed by atoms with Crippen LogP contribution < -0.4 is 5.32 Å². The second-order valence-electron chi connectivity index (χ2n) is 4.80. The van der Waals surface area contributed by atoms with Crippen LogP contribution in [0.15, 0.2) is 48.0 Å². The van der Waals surface area contributed by atoms with Crippen molar-refractivity contribution in [3.05, 3.63) is 69.2 Å². The number of anilines is 1. The molecule has 0 fully saturated rings. The van der Waals surface area contributed by atoms with E-state index in [0.29, 0.717) is 5.56 Å². The Bertz CT molecular complexity index is 901. The van der Waals surface area contributed by atoms with Crippen molar-refractivity contribution >= 4 is 46.8 Å². The normalized spacial score (nSPS) is 10.7. The van der Waals surface area contributed by atoms with Gasteiger partial charge in [-0.2, -0.15) is 5.26 Å². The fourth-order valence-electron chi connectivity index (χ4n) is 2.01. The number of ether oxygens (including phenoxy) is 1. The Morgan fingerprint density at radius 1 is 1.16 bits per heavy atom. The minimum Gasteiger partial charge on any atom is -0.465 e. The van der Waals surface area contributed by atoms with E-state index in [4.69, 9.17) is 27.9 Å². The minimum absolute atomic E-state index is 0.171. The molecule has 0 aromatic heterocycles. The maximum absolute atomic E-state index is 12.3. The van der Waals surface area contributed by atoms with Gasteiger partial charge in [0, 0.05) is 0 Å². The monoisotopic (exact) mass is 374 g/mol. The third kappa shape index (κ3) is 4.38. The summed E-state index contributed by atoms with van der Waals surface area (Å²) < 4.78 is 4.69. The molecule has 2 rings (SSSR count). The highest BCUT2D eigenvalue weighted by Crippen LogP contribution is 2.29. The number of methoxy groups -OCH3 is 1. The van der Waals surface area contributed by atoms with E-state index in [1.54, 1.807) is 42.5 Å². The van der Waals surface area contributed by atoms with Crippen molar-refractivity contribution in [1.29, 1.82) is 5.26 Å². The first-order valence-electron chi connectivity index (χ1n) is 7.02. The van der Waals surface area contributed by atoms with Crippen molar-refractivity contribution in [1.82, 2.24) is 0 Å². The second kappa shape index (κ2) is 8.34. The minimum atomic E-state index is -0.675. The standard InChI is InChI=1S/C18H12Cl2N2O3/c1-25-18(24)13-6-3-2-5-11(13)9-12(10-21)17(23)22-15-8-4-7-14(19)16(15)20/h2-9H,1H3,(H,22,23)/b12-9+. The van der Waals surface area contributed by atoms with Gasteiger partial charge in [0.25, 0.3) is 5.91 Å². The molecule has 0 bridgehead atoms. The Hall–Kier alpha value is -2.81. The van der Waals surface area contributed by atoms with E-state index in [2.05, 4.69) is 5.32 Å². The molecule has 0 aliphatic rings. The number of carbonyl (C=O) groups excluding carboxylic acids is 2. The highest BCUT2D eigenvalue weighted by atomic mass is 35.5. The highest BCUT2D eigenvalue weighted by molar-refractivity contribution is 6.44. The molecule has 0 heterocycles. The number of esters is 1. The highest BCUT2D eigenvalue weighted by Gasteiger charge is 2.15. The zero-order valence-electron chi connectivity index (χ0n) is 13.0. The maximum atomic E-state index is 12.3. The fourth-order valence-corrected chi connectivity index (χ4v) is 2.36. The number of benzene rings is 2. The van der Waals surface area contributed by atoms with Crippen molar-refractivity contribution in [3.63, 3.8) is 0 Å². The summed E-state index contributed by atoms with van der Waals surface area (Å²) in [7, 11) is 1.25. The molecule has 2 aromatic carbocycles. The molecule has 0 atom stereocenters. The predicted molar refractivity (Wildman–Crippen MR) is 96.5 cm³/mol. The third-order valence-corrected chi connectivity index (χ3v) is 4.05. The Labute approximate surface area is 154 Å². The Balaban J connectivity index is 2.35. The molecule has 1 N–H and O–H groups in total. The molecule has 0 radical (unpaired) electrons. The van der Waals surface area contributed by atoms with Crippen LogP contribution in [0.3, 0.4) is 0 Å². The van der Waals surface area contributed by atoms with Crippen LogP contribution >= 0.6 is 23.2 Å². The van der Waals surface area contributed by atoms with Crippen LogP contribution in [-0.2, 0) is 9.53 Å². The first-order valence-corrected chi connectivity index (χ1v) is 7.78. The first kappa shape index (κ1) is 18.5. The molecule has 0 unspecified atom stereocenters. The summed E-state index contributed by atoms with van der Waals surface area (Å²) >= 11 is 11.9. The molecular formula is C18H12Cl2N2O3. The van der Waals surface area contributed by atoms with E-state index in [-0.39, 0.29) is 26.9 Å². The van der Waals surface area contributed by atoms with E-state index in [1.165, 1.54) is 13.2 Å². The number of hydrogen-bond acceptors (Lipinski definition) is 4. The van der Waals surface area contributed by atoms with Gasteiger partial charge in [0.15, 0.2) is 0 Å². The van der Waals surface area contributed by atoms with Gasteiger partial charge < -0.3 is 10.1 Å². The molecule has 2 aromatic rings. The molecular weight excluding hydrogens is 363 g/mol. The summed E-state index contributed by atoms with van der Waals surface area (Å²) in [5, 5.41) is 12.3. The van der Waals surface area contributed by atoms with Crippen LogP contribution in [0.4, 0.5) is 5.69 Å². The number of amides is 1. The summed E-state index contributed by atoms with van der Waals surface area (Å²) in [6, 6.07) is 13.0. The summed E-state index contributed by atoms with van der Waals surface area (Å²) in [5.41, 5.74) is 0.707. The zero-order chi connectivity index (χ0) is 18.4. The van der Waals surface area contributed by atoms with E-state index in [9.17, 15) is 14.9 Å². The molecule has 0 aliphatic heterocycles. The molecule has 0 aliphatic carbocycles. The van der Waals surface area contributed by atoms with E-state index in [1.807, 2.05) is 6.07 Å². The van der Waals surface area contributed by atoms with Crippen LogP contribution in [0, 0.1) is 11.3 Å². The van der Waals surface area contributed by atoms with Crippen LogP contribution in [-0.4, -0.2) is 19.0 Å². The molecule has 5 nitrogen and oxygen atoms in total. The number of nitriles is 1. The lowest BCUT2D eigenvalue weighted by Gasteiger charge is -2.08. The summed E-state index contributed by atoms with van der Waals surface area (Å²) in [5.74, 6) is -1.24. The summed E-state index contributed by atoms with van der Waals surface area (Å²) in [6.07, 6.45) is 1.31. The number of nitrogens with one attached hydrogen (secondary N) is 1. The van der Waals surface area contributed by atoms with E-state index < -0.39 is 11.9 Å². The van der Waals surface area contributed by atoms with Crippen LogP contribution in [0.25, 0.3) is 6.08 Å². The summed E-state index contributed by atoms with van der Waals surface area (Å²) in [4.78, 5) is 24.1. The van der Waals surface area contributed by atoms with Gasteiger partial charge in [-0.3, -0.25) is 4.79 Å². The van der Waals surface area contributed by atoms with E-state index >= 15 is 0 Å². The lowest BCUT2D eigenvalue weighted by molar-refractivity contribution is -0.112. The number of hydrogen-bond donors (Lipinski definition) is 1. The molecule has 1 amide bonds. The second-order valence-corrected chi connectivity index (χ2v) is 5.59. The average Bonchev–Trinajstić information content (AvgIpc) is 2.63. The Morgan fingerprint density at radius 2 is 1.88 bits per heavy atom. The van der Waals surface area contributed by atoms with Gasteiger partial charge in [0.2, 0.25) is 0 Å². The number of nitrogens with zero attached hydrogens (tertiary/aromatic N) is 1. The van der Waals surface area contributed by atoms with Crippen molar-refractivity contribution in [2.45, 2.75) is 0 Å². The van der Waals surface area contributed by atoms with Gasteiger partial charge in [-0.25, -0.2) is 4.79 Å². The van der Waals surface area contributed by atoms with Gasteiger partial charge >= 0.3 is 5.97 Å². The smallest absolute Gasteiger partial charge is 0.338 e. The molecule has 0 saturated heterocycles. The molecule has 126 valence electrons. The van der Waals surface area contributed by atoms with Crippen LogP contribution in [0.5, 0.6) is 0 Å². The topological polar surface area (TPSA) is 79.2 Å². The van der Waals surface area contributed by atoms with Crippen molar-refractivity contribution < 1.29 is 14.3 Å². The van der Waals surface area contributed by atoms with Crippen molar-refractivity contribution in [2.24, 2.45) is 0 Å². The van der Waals surface area contributed by atoms with Gasteiger partial charge in [-0.15, -0.1) is 0 Å². The molecule has 0 spiro atoms. The van der Waals surface area contributed by atoms with Gasteiger partial charge in [-0.1, -0.05) is 47.5 Å². The SMILES string of the molecule is COC(=O)c1ccccc1/C=C(\C#N)C(=O)Nc1cccc(Cl)c1Cl. The zero-order valence-corrected chi connectivity index (χ0v) is 14.6. The predicted octanol–water partition coefficient (Wildman–Crippen LogP) is 4.33. The van der Waals surface area contributed by atoms with Crippen molar-refractivity contribution in [2.75, 3.05) is 12.4 Å². The largest absolute Gasteiger partial charge is 0.465 e. The molecule has 25 heavy (non-hydrogen) atoms. The van der Waals surface area contributed by atoms with Crippen LogP contribution in [0.1, 0.15) is 15.9 Å². The van der Waals surface area contributed by atoms with Crippen LogP contribution in [0.2, 0.25) is 10.0 Å². The number of carbonyl (C=O) groups is 2. The van der Waals surface area contributed by atoms with Gasteiger partial charge in [0.05, 0.1) is 28.4 Å². The third-order valence-electron chi connectivity index (χ3n) is 3.23. The fraction of sp³-hybridized carbons (Fsp3) is 0.0556. The lowest BCUT2D eigenvalue weighted by Crippen LogP contribution is -2.14.